The molecule has 1 aromatic heterocycles. The number of hydrogen-bond acceptors (Lipinski definition) is 7. The summed E-state index contributed by atoms with van der Waals surface area (Å²) in [5, 5.41) is 11.2. The standard InChI is InChI=1S/C24H27IN6O3/c1-2-3-19(13-21(25)15-31-17-26-27-28-31)14-23(32)30-10-8-29(9-11-30)7-6-18-4-5-22-20(12-18)16-34-24(22)33/h2-5,12-13,17H,1,6-11,14-16H2/b19-3+,21-13+. The van der Waals surface area contributed by atoms with Crippen molar-refractivity contribution in [3.8, 4) is 0 Å². The zero-order chi connectivity index (χ0) is 23.9. The number of piperazine rings is 1. The Morgan fingerprint density at radius 1 is 1.24 bits per heavy atom. The molecule has 2 aromatic rings. The van der Waals surface area contributed by atoms with Crippen molar-refractivity contribution < 1.29 is 14.3 Å². The third kappa shape index (κ3) is 6.38. The fraction of sp³-hybridized carbons (Fsp3) is 0.375. The number of halogens is 1. The fourth-order valence-corrected chi connectivity index (χ4v) is 4.85. The molecule has 1 fully saturated rings. The minimum atomic E-state index is -0.230. The maximum atomic E-state index is 12.9. The van der Waals surface area contributed by atoms with Crippen molar-refractivity contribution in [2.24, 2.45) is 0 Å². The molecule has 0 bridgehead atoms. The van der Waals surface area contributed by atoms with Gasteiger partial charge in [0.15, 0.2) is 0 Å². The molecular weight excluding hydrogens is 547 g/mol. The molecule has 1 saturated heterocycles. The Bertz CT molecular complexity index is 1100. The van der Waals surface area contributed by atoms with E-state index in [1.54, 1.807) is 17.1 Å². The average Bonchev–Trinajstić information content (AvgIpc) is 3.47. The van der Waals surface area contributed by atoms with Crippen LogP contribution < -0.4 is 0 Å². The molecule has 0 spiro atoms. The predicted octanol–water partition coefficient (Wildman–Crippen LogP) is 2.55. The largest absolute Gasteiger partial charge is 0.457 e. The van der Waals surface area contributed by atoms with E-state index in [0.717, 1.165) is 53.9 Å². The van der Waals surface area contributed by atoms with E-state index in [1.165, 1.54) is 5.56 Å². The van der Waals surface area contributed by atoms with Crippen molar-refractivity contribution in [2.75, 3.05) is 32.7 Å². The Hall–Kier alpha value is -2.86. The number of esters is 1. The normalized spacial score (nSPS) is 17.0. The summed E-state index contributed by atoms with van der Waals surface area (Å²) in [6.45, 7) is 8.78. The molecule has 0 radical (unpaired) electrons. The quantitative estimate of drug-likeness (QED) is 0.258. The van der Waals surface area contributed by atoms with Gasteiger partial charge in [-0.05, 0) is 62.7 Å². The molecule has 2 aliphatic rings. The number of carbonyl (C=O) groups excluding carboxylic acids is 2. The number of aromatic nitrogens is 4. The topological polar surface area (TPSA) is 93.5 Å². The van der Waals surface area contributed by atoms with Crippen LogP contribution in [0.4, 0.5) is 0 Å². The number of hydrogen-bond donors (Lipinski definition) is 0. The van der Waals surface area contributed by atoms with Crippen LogP contribution in [0, 0.1) is 0 Å². The zero-order valence-corrected chi connectivity index (χ0v) is 21.1. The highest BCUT2D eigenvalue weighted by molar-refractivity contribution is 14.1. The van der Waals surface area contributed by atoms with Gasteiger partial charge in [-0.1, -0.05) is 30.9 Å². The summed E-state index contributed by atoms with van der Waals surface area (Å²) in [6, 6.07) is 5.94. The lowest BCUT2D eigenvalue weighted by Crippen LogP contribution is -2.49. The van der Waals surface area contributed by atoms with Gasteiger partial charge < -0.3 is 9.64 Å². The monoisotopic (exact) mass is 574 g/mol. The first-order chi connectivity index (χ1) is 16.5. The Morgan fingerprint density at radius 3 is 2.79 bits per heavy atom. The number of nitrogens with zero attached hydrogens (tertiary/aromatic N) is 6. The van der Waals surface area contributed by atoms with Gasteiger partial charge in [0.05, 0.1) is 18.5 Å². The summed E-state index contributed by atoms with van der Waals surface area (Å²) in [5.41, 5.74) is 3.78. The number of fused-ring (bicyclic) bond motifs is 1. The van der Waals surface area contributed by atoms with Crippen LogP contribution in [0.2, 0.25) is 0 Å². The van der Waals surface area contributed by atoms with E-state index in [1.807, 2.05) is 29.2 Å². The summed E-state index contributed by atoms with van der Waals surface area (Å²) < 4.78 is 7.75. The second kappa shape index (κ2) is 11.5. The molecule has 0 N–H and O–H groups in total. The second-order valence-electron chi connectivity index (χ2n) is 8.29. The van der Waals surface area contributed by atoms with E-state index in [9.17, 15) is 9.59 Å². The molecule has 2 aliphatic heterocycles. The van der Waals surface area contributed by atoms with Gasteiger partial charge in [-0.3, -0.25) is 9.69 Å². The Morgan fingerprint density at radius 2 is 2.06 bits per heavy atom. The van der Waals surface area contributed by atoms with Crippen LogP contribution in [0.5, 0.6) is 0 Å². The number of cyclic esters (lactones) is 1. The molecular formula is C24H27IN6O3. The van der Waals surface area contributed by atoms with E-state index in [2.05, 4.69) is 55.7 Å². The minimum absolute atomic E-state index is 0.124. The summed E-state index contributed by atoms with van der Waals surface area (Å²) in [5.74, 6) is -0.106. The lowest BCUT2D eigenvalue weighted by molar-refractivity contribution is -0.132. The Balaban J connectivity index is 1.24. The van der Waals surface area contributed by atoms with Gasteiger partial charge in [0.1, 0.15) is 12.9 Å². The second-order valence-corrected chi connectivity index (χ2v) is 9.68. The van der Waals surface area contributed by atoms with Gasteiger partial charge in [0, 0.05) is 41.9 Å². The highest BCUT2D eigenvalue weighted by atomic mass is 127. The molecule has 9 nitrogen and oxygen atoms in total. The van der Waals surface area contributed by atoms with Crippen LogP contribution in [0.1, 0.15) is 27.9 Å². The summed E-state index contributed by atoms with van der Waals surface area (Å²) in [4.78, 5) is 28.9. The van der Waals surface area contributed by atoms with Crippen LogP contribution in [-0.4, -0.2) is 74.6 Å². The number of rotatable bonds is 9. The number of ether oxygens (including phenoxy) is 1. The number of tetrazole rings is 1. The number of carbonyl (C=O) groups is 2. The number of allylic oxidation sites excluding steroid dienone is 4. The number of benzene rings is 1. The van der Waals surface area contributed by atoms with Gasteiger partial charge in [0.2, 0.25) is 5.91 Å². The molecule has 1 aromatic carbocycles. The maximum Gasteiger partial charge on any atom is 0.338 e. The van der Waals surface area contributed by atoms with E-state index in [0.29, 0.717) is 25.1 Å². The highest BCUT2D eigenvalue weighted by Crippen LogP contribution is 2.21. The van der Waals surface area contributed by atoms with Crippen molar-refractivity contribution in [3.05, 3.63) is 75.2 Å². The Labute approximate surface area is 212 Å². The molecule has 0 atom stereocenters. The van der Waals surface area contributed by atoms with Crippen LogP contribution in [0.25, 0.3) is 0 Å². The minimum Gasteiger partial charge on any atom is -0.457 e. The van der Waals surface area contributed by atoms with Crippen molar-refractivity contribution in [1.82, 2.24) is 30.0 Å². The van der Waals surface area contributed by atoms with Crippen molar-refractivity contribution >= 4 is 34.5 Å². The van der Waals surface area contributed by atoms with Crippen LogP contribution >= 0.6 is 22.6 Å². The molecule has 0 aliphatic carbocycles. The van der Waals surface area contributed by atoms with Crippen molar-refractivity contribution in [1.29, 1.82) is 0 Å². The van der Waals surface area contributed by atoms with Crippen molar-refractivity contribution in [2.45, 2.75) is 26.0 Å². The summed E-state index contributed by atoms with van der Waals surface area (Å²) >= 11 is 2.24. The molecule has 3 heterocycles. The third-order valence-electron chi connectivity index (χ3n) is 5.92. The molecule has 34 heavy (non-hydrogen) atoms. The molecule has 1 amide bonds. The smallest absolute Gasteiger partial charge is 0.338 e. The third-order valence-corrected chi connectivity index (χ3v) is 6.58. The van der Waals surface area contributed by atoms with Crippen LogP contribution in [-0.2, 0) is 29.1 Å². The lowest BCUT2D eigenvalue weighted by atomic mass is 10.0. The van der Waals surface area contributed by atoms with E-state index in [4.69, 9.17) is 4.74 Å². The van der Waals surface area contributed by atoms with Crippen LogP contribution in [0.15, 0.2) is 58.5 Å². The highest BCUT2D eigenvalue weighted by Gasteiger charge is 2.23. The van der Waals surface area contributed by atoms with Gasteiger partial charge >= 0.3 is 5.97 Å². The average molecular weight is 574 g/mol. The van der Waals surface area contributed by atoms with Gasteiger partial charge in [-0.15, -0.1) is 5.10 Å². The van der Waals surface area contributed by atoms with E-state index < -0.39 is 0 Å². The molecule has 0 unspecified atom stereocenters. The van der Waals surface area contributed by atoms with Crippen molar-refractivity contribution in [3.63, 3.8) is 0 Å². The molecule has 178 valence electrons. The van der Waals surface area contributed by atoms with Crippen LogP contribution in [0.3, 0.4) is 0 Å². The summed E-state index contributed by atoms with van der Waals surface area (Å²) in [6.07, 6.45) is 8.39. The van der Waals surface area contributed by atoms with E-state index >= 15 is 0 Å². The first-order valence-electron chi connectivity index (χ1n) is 11.2. The van der Waals surface area contributed by atoms with Gasteiger partial charge in [-0.25, -0.2) is 9.48 Å². The molecule has 10 heteroatoms. The molecule has 0 saturated carbocycles. The Kier molecular flexibility index (Phi) is 8.22. The molecule has 4 rings (SSSR count). The van der Waals surface area contributed by atoms with Gasteiger partial charge in [0.25, 0.3) is 0 Å². The van der Waals surface area contributed by atoms with E-state index in [-0.39, 0.29) is 11.9 Å². The first kappa shape index (κ1) is 24.3. The predicted molar refractivity (Wildman–Crippen MR) is 135 cm³/mol. The zero-order valence-electron chi connectivity index (χ0n) is 18.9. The SMILES string of the molecule is C=C/C=C(\C=C(\I)Cn1cnnn1)CC(=O)N1CCN(CCc2ccc3c(c2)COC3=O)CC1. The first-order valence-corrected chi connectivity index (χ1v) is 12.3. The van der Waals surface area contributed by atoms with Gasteiger partial charge in [-0.2, -0.15) is 0 Å². The fourth-order valence-electron chi connectivity index (χ4n) is 4.10. The maximum absolute atomic E-state index is 12.9. The number of amides is 1. The lowest BCUT2D eigenvalue weighted by Gasteiger charge is -2.35. The summed E-state index contributed by atoms with van der Waals surface area (Å²) in [7, 11) is 0.